The fourth-order valence-electron chi connectivity index (χ4n) is 3.30. The highest BCUT2D eigenvalue weighted by molar-refractivity contribution is 5.86. The molecule has 1 aromatic heterocycles. The molecule has 2 amide bonds. The highest BCUT2D eigenvalue weighted by Gasteiger charge is 2.28. The summed E-state index contributed by atoms with van der Waals surface area (Å²) in [6.45, 7) is 1.52. The largest absolute Gasteiger partial charge is 0.356 e. The van der Waals surface area contributed by atoms with Gasteiger partial charge in [0.2, 0.25) is 11.8 Å². The standard InChI is InChI=1S/C18H24N4O3.ClH/c19-9-8-17(23)20-12-13-5-3-4-10-22(13)18(24)11-15-14-6-1-2-7-16(14)25-21-15;/h1-2,6-7,13H,3-5,8-12,19H2,(H,20,23);1H. The first-order valence-electron chi connectivity index (χ1n) is 8.78. The van der Waals surface area contributed by atoms with E-state index in [9.17, 15) is 9.59 Å². The number of carbonyl (C=O) groups is 2. The van der Waals surface area contributed by atoms with Crippen LogP contribution in [0, 0.1) is 0 Å². The van der Waals surface area contributed by atoms with Gasteiger partial charge < -0.3 is 20.5 Å². The van der Waals surface area contributed by atoms with Crippen LogP contribution in [0.1, 0.15) is 31.4 Å². The van der Waals surface area contributed by atoms with E-state index in [1.165, 1.54) is 0 Å². The van der Waals surface area contributed by atoms with Crippen molar-refractivity contribution in [2.45, 2.75) is 38.1 Å². The Labute approximate surface area is 158 Å². The van der Waals surface area contributed by atoms with E-state index in [0.717, 1.165) is 24.6 Å². The average molecular weight is 381 g/mol. The number of hydrogen-bond donors (Lipinski definition) is 2. The SMILES string of the molecule is Cl.NCCC(=O)NCC1CCCCN1C(=O)Cc1noc2ccccc12. The Morgan fingerprint density at radius 2 is 2.12 bits per heavy atom. The van der Waals surface area contributed by atoms with Gasteiger partial charge in [0.15, 0.2) is 5.58 Å². The number of carbonyl (C=O) groups excluding carboxylic acids is 2. The van der Waals surface area contributed by atoms with Crippen molar-refractivity contribution in [2.24, 2.45) is 5.73 Å². The molecule has 8 heteroatoms. The predicted molar refractivity (Wildman–Crippen MR) is 101 cm³/mol. The summed E-state index contributed by atoms with van der Waals surface area (Å²) in [6, 6.07) is 7.57. The molecule has 142 valence electrons. The van der Waals surface area contributed by atoms with Gasteiger partial charge in [-0.1, -0.05) is 17.3 Å². The molecule has 3 rings (SSSR count). The van der Waals surface area contributed by atoms with Crippen LogP contribution in [0.5, 0.6) is 0 Å². The first-order valence-corrected chi connectivity index (χ1v) is 8.78. The zero-order valence-corrected chi connectivity index (χ0v) is 15.5. The molecule has 0 saturated carbocycles. The van der Waals surface area contributed by atoms with Gasteiger partial charge in [0.05, 0.1) is 6.42 Å². The summed E-state index contributed by atoms with van der Waals surface area (Å²) < 4.78 is 5.28. The Morgan fingerprint density at radius 3 is 2.92 bits per heavy atom. The molecule has 1 fully saturated rings. The molecular weight excluding hydrogens is 356 g/mol. The molecule has 0 spiro atoms. The summed E-state index contributed by atoms with van der Waals surface area (Å²) in [5.41, 5.74) is 6.75. The third-order valence-electron chi connectivity index (χ3n) is 4.62. The molecule has 1 atom stereocenters. The van der Waals surface area contributed by atoms with E-state index in [1.807, 2.05) is 29.2 Å². The smallest absolute Gasteiger partial charge is 0.229 e. The van der Waals surface area contributed by atoms with Crippen LogP contribution in [-0.2, 0) is 16.0 Å². The van der Waals surface area contributed by atoms with Crippen molar-refractivity contribution in [3.8, 4) is 0 Å². The van der Waals surface area contributed by atoms with Crippen molar-refractivity contribution in [2.75, 3.05) is 19.6 Å². The minimum Gasteiger partial charge on any atom is -0.356 e. The molecule has 2 heterocycles. The van der Waals surface area contributed by atoms with Crippen molar-refractivity contribution in [1.29, 1.82) is 0 Å². The normalized spacial score (nSPS) is 17.0. The number of piperidine rings is 1. The maximum atomic E-state index is 12.8. The van der Waals surface area contributed by atoms with Crippen molar-refractivity contribution in [3.05, 3.63) is 30.0 Å². The van der Waals surface area contributed by atoms with Crippen LogP contribution in [0.4, 0.5) is 0 Å². The van der Waals surface area contributed by atoms with Gasteiger partial charge in [-0.25, -0.2) is 0 Å². The van der Waals surface area contributed by atoms with Crippen molar-refractivity contribution in [1.82, 2.24) is 15.4 Å². The minimum atomic E-state index is -0.0667. The summed E-state index contributed by atoms with van der Waals surface area (Å²) in [4.78, 5) is 26.3. The number of nitrogens with one attached hydrogen (secondary N) is 1. The van der Waals surface area contributed by atoms with Gasteiger partial charge in [-0.05, 0) is 31.4 Å². The van der Waals surface area contributed by atoms with Crippen LogP contribution in [0.2, 0.25) is 0 Å². The van der Waals surface area contributed by atoms with Crippen LogP contribution >= 0.6 is 12.4 Å². The number of nitrogens with two attached hydrogens (primary N) is 1. The summed E-state index contributed by atoms with van der Waals surface area (Å²) >= 11 is 0. The first kappa shape index (κ1) is 20.2. The van der Waals surface area contributed by atoms with Crippen LogP contribution in [-0.4, -0.2) is 47.5 Å². The number of para-hydroxylation sites is 1. The Hall–Kier alpha value is -2.12. The lowest BCUT2D eigenvalue weighted by molar-refractivity contribution is -0.134. The van der Waals surface area contributed by atoms with E-state index in [0.29, 0.717) is 37.3 Å². The van der Waals surface area contributed by atoms with Gasteiger partial charge in [-0.3, -0.25) is 9.59 Å². The number of fused-ring (bicyclic) bond motifs is 1. The molecule has 0 bridgehead atoms. The Balaban J connectivity index is 0.00000243. The second-order valence-electron chi connectivity index (χ2n) is 6.38. The molecule has 26 heavy (non-hydrogen) atoms. The van der Waals surface area contributed by atoms with Gasteiger partial charge in [0.1, 0.15) is 5.69 Å². The maximum Gasteiger partial charge on any atom is 0.229 e. The summed E-state index contributed by atoms with van der Waals surface area (Å²) in [5, 5.41) is 7.80. The molecule has 1 aromatic carbocycles. The van der Waals surface area contributed by atoms with Crippen molar-refractivity contribution in [3.63, 3.8) is 0 Å². The quantitative estimate of drug-likeness (QED) is 0.793. The predicted octanol–water partition coefficient (Wildman–Crippen LogP) is 1.64. The second kappa shape index (κ2) is 9.54. The number of halogens is 1. The molecule has 7 nitrogen and oxygen atoms in total. The van der Waals surface area contributed by atoms with Crippen LogP contribution in [0.15, 0.2) is 28.8 Å². The van der Waals surface area contributed by atoms with Gasteiger partial charge in [-0.15, -0.1) is 12.4 Å². The number of aromatic nitrogens is 1. The summed E-state index contributed by atoms with van der Waals surface area (Å²) in [6.07, 6.45) is 3.47. The zero-order chi connectivity index (χ0) is 17.6. The van der Waals surface area contributed by atoms with Gasteiger partial charge in [0, 0.05) is 37.5 Å². The van der Waals surface area contributed by atoms with E-state index >= 15 is 0 Å². The monoisotopic (exact) mass is 380 g/mol. The molecule has 1 unspecified atom stereocenters. The van der Waals surface area contributed by atoms with Crippen LogP contribution in [0.25, 0.3) is 11.0 Å². The molecule has 1 aliphatic heterocycles. The summed E-state index contributed by atoms with van der Waals surface area (Å²) in [5.74, 6) is -0.0419. The van der Waals surface area contributed by atoms with E-state index in [1.54, 1.807) is 0 Å². The molecule has 3 N–H and O–H groups in total. The number of hydrogen-bond acceptors (Lipinski definition) is 5. The van der Waals surface area contributed by atoms with Gasteiger partial charge in [0.25, 0.3) is 0 Å². The minimum absolute atomic E-state index is 0. The summed E-state index contributed by atoms with van der Waals surface area (Å²) in [7, 11) is 0. The van der Waals surface area contributed by atoms with E-state index in [4.69, 9.17) is 10.3 Å². The molecule has 1 aliphatic rings. The molecule has 1 saturated heterocycles. The van der Waals surface area contributed by atoms with Gasteiger partial charge >= 0.3 is 0 Å². The fourth-order valence-corrected chi connectivity index (χ4v) is 3.30. The maximum absolute atomic E-state index is 12.8. The Bertz CT molecular complexity index is 749. The molecular formula is C18H25ClN4O3. The van der Waals surface area contributed by atoms with Gasteiger partial charge in [-0.2, -0.15) is 0 Å². The third kappa shape index (κ3) is 4.74. The van der Waals surface area contributed by atoms with Crippen molar-refractivity contribution >= 4 is 35.2 Å². The highest BCUT2D eigenvalue weighted by Crippen LogP contribution is 2.21. The number of amides is 2. The lowest BCUT2D eigenvalue weighted by atomic mass is 10.0. The van der Waals surface area contributed by atoms with Crippen LogP contribution in [0.3, 0.4) is 0 Å². The number of rotatable bonds is 6. The molecule has 0 aliphatic carbocycles. The number of likely N-dealkylation sites (tertiary alicyclic amines) is 1. The second-order valence-corrected chi connectivity index (χ2v) is 6.38. The topological polar surface area (TPSA) is 101 Å². The molecule has 2 aromatic rings. The fraction of sp³-hybridized carbons (Fsp3) is 0.500. The van der Waals surface area contributed by atoms with Crippen LogP contribution < -0.4 is 11.1 Å². The Kier molecular flexibility index (Phi) is 7.41. The molecule has 0 radical (unpaired) electrons. The van der Waals surface area contributed by atoms with Crippen molar-refractivity contribution < 1.29 is 14.1 Å². The average Bonchev–Trinajstić information content (AvgIpc) is 3.03. The van der Waals surface area contributed by atoms with E-state index < -0.39 is 0 Å². The number of nitrogens with zero attached hydrogens (tertiary/aromatic N) is 2. The third-order valence-corrected chi connectivity index (χ3v) is 4.62. The van der Waals surface area contributed by atoms with E-state index in [2.05, 4.69) is 10.5 Å². The number of benzene rings is 1. The van der Waals surface area contributed by atoms with E-state index in [-0.39, 0.29) is 36.7 Å². The first-order chi connectivity index (χ1) is 12.2. The zero-order valence-electron chi connectivity index (χ0n) is 14.6. The highest BCUT2D eigenvalue weighted by atomic mass is 35.5. The lowest BCUT2D eigenvalue weighted by Crippen LogP contribution is -2.50. The lowest BCUT2D eigenvalue weighted by Gasteiger charge is -2.36. The Morgan fingerprint density at radius 1 is 1.31 bits per heavy atom.